The molecule has 0 saturated heterocycles. The number of fused-ring (bicyclic) bond motifs is 1. The van der Waals surface area contributed by atoms with E-state index in [1.807, 2.05) is 24.3 Å². The van der Waals surface area contributed by atoms with Gasteiger partial charge in [-0.1, -0.05) is 29.8 Å². The van der Waals surface area contributed by atoms with Gasteiger partial charge in [0, 0.05) is 18.3 Å². The number of halogens is 1. The minimum absolute atomic E-state index is 0.119. The van der Waals surface area contributed by atoms with E-state index in [0.29, 0.717) is 6.54 Å². The van der Waals surface area contributed by atoms with Crippen LogP contribution in [0.15, 0.2) is 36.4 Å². The Bertz CT molecular complexity index is 869. The molecule has 1 aliphatic rings. The lowest BCUT2D eigenvalue weighted by molar-refractivity contribution is -0.126. The van der Waals surface area contributed by atoms with Crippen LogP contribution in [0.1, 0.15) is 22.8 Å². The number of nitrogen functional groups attached to an aromatic ring is 1. The number of ether oxygens (including phenoxy) is 2. The molecular weight excluding hydrogens is 356 g/mol. The first kappa shape index (κ1) is 18.1. The number of benzene rings is 2. The van der Waals surface area contributed by atoms with Gasteiger partial charge in [-0.3, -0.25) is 4.79 Å². The lowest BCUT2D eigenvalue weighted by Crippen LogP contribution is -2.39. The number of amides is 1. The van der Waals surface area contributed by atoms with Crippen LogP contribution in [0.4, 0.5) is 11.4 Å². The van der Waals surface area contributed by atoms with E-state index < -0.39 is 12.1 Å². The normalized spacial score (nSPS) is 13.9. The standard InChI is InChI=1S/C19H19ClN2O4/c1-11(18(23)22-8-7-12-5-3-4-6-16(12)22)26-19(24)13-9-14(20)15(21)10-17(13)25-2/h3-6,9-11H,7-8,21H2,1-2H3/t11-/m0/s1. The molecule has 1 amide bonds. The van der Waals surface area contributed by atoms with Gasteiger partial charge in [0.05, 0.1) is 17.8 Å². The van der Waals surface area contributed by atoms with Crippen molar-refractivity contribution in [3.05, 3.63) is 52.5 Å². The van der Waals surface area contributed by atoms with E-state index in [0.717, 1.165) is 17.7 Å². The van der Waals surface area contributed by atoms with Gasteiger partial charge in [0.2, 0.25) is 0 Å². The molecule has 0 bridgehead atoms. The lowest BCUT2D eigenvalue weighted by Gasteiger charge is -2.22. The fourth-order valence-electron chi connectivity index (χ4n) is 2.96. The molecule has 2 N–H and O–H groups in total. The Balaban J connectivity index is 1.76. The number of esters is 1. The maximum Gasteiger partial charge on any atom is 0.342 e. The third-order valence-corrected chi connectivity index (χ3v) is 4.65. The highest BCUT2D eigenvalue weighted by Crippen LogP contribution is 2.31. The van der Waals surface area contributed by atoms with Gasteiger partial charge in [0.1, 0.15) is 11.3 Å². The van der Waals surface area contributed by atoms with Crippen molar-refractivity contribution in [2.45, 2.75) is 19.4 Å². The molecule has 136 valence electrons. The van der Waals surface area contributed by atoms with Crippen molar-refractivity contribution in [1.29, 1.82) is 0 Å². The first-order valence-electron chi connectivity index (χ1n) is 8.15. The predicted molar refractivity (Wildman–Crippen MR) is 99.8 cm³/mol. The van der Waals surface area contributed by atoms with Gasteiger partial charge >= 0.3 is 5.97 Å². The first-order chi connectivity index (χ1) is 12.4. The van der Waals surface area contributed by atoms with Crippen molar-refractivity contribution >= 4 is 34.9 Å². The van der Waals surface area contributed by atoms with Crippen LogP contribution in [0.5, 0.6) is 5.75 Å². The first-order valence-corrected chi connectivity index (χ1v) is 8.53. The number of rotatable bonds is 4. The minimum Gasteiger partial charge on any atom is -0.496 e. The Kier molecular flexibility index (Phi) is 5.04. The van der Waals surface area contributed by atoms with E-state index in [1.54, 1.807) is 11.8 Å². The number of methoxy groups -OCH3 is 1. The molecule has 2 aromatic rings. The molecular formula is C19H19ClN2O4. The van der Waals surface area contributed by atoms with Crippen molar-refractivity contribution in [3.8, 4) is 5.75 Å². The minimum atomic E-state index is -0.949. The summed E-state index contributed by atoms with van der Waals surface area (Å²) in [4.78, 5) is 26.9. The summed E-state index contributed by atoms with van der Waals surface area (Å²) in [6, 6.07) is 10.5. The van der Waals surface area contributed by atoms with Crippen LogP contribution < -0.4 is 15.4 Å². The van der Waals surface area contributed by atoms with Crippen molar-refractivity contribution in [2.24, 2.45) is 0 Å². The third-order valence-electron chi connectivity index (χ3n) is 4.32. The number of carbonyl (C=O) groups excluding carboxylic acids is 2. The Hall–Kier alpha value is -2.73. The second kappa shape index (κ2) is 7.25. The van der Waals surface area contributed by atoms with E-state index in [-0.39, 0.29) is 27.9 Å². The number of hydrogen-bond acceptors (Lipinski definition) is 5. The molecule has 1 aliphatic heterocycles. The molecule has 0 aromatic heterocycles. The summed E-state index contributed by atoms with van der Waals surface area (Å²) in [6.45, 7) is 2.11. The van der Waals surface area contributed by atoms with Crippen LogP contribution in [-0.2, 0) is 16.0 Å². The average molecular weight is 375 g/mol. The molecule has 0 unspecified atom stereocenters. The molecule has 6 nitrogen and oxygen atoms in total. The zero-order chi connectivity index (χ0) is 18.8. The van der Waals surface area contributed by atoms with Gasteiger partial charge in [-0.05, 0) is 31.0 Å². The highest BCUT2D eigenvalue weighted by atomic mass is 35.5. The van der Waals surface area contributed by atoms with Crippen LogP contribution in [-0.4, -0.2) is 31.6 Å². The van der Waals surface area contributed by atoms with E-state index in [4.69, 9.17) is 26.8 Å². The molecule has 26 heavy (non-hydrogen) atoms. The molecule has 0 spiro atoms. The lowest BCUT2D eigenvalue weighted by atomic mass is 10.1. The SMILES string of the molecule is COc1cc(N)c(Cl)cc1C(=O)O[C@@H](C)C(=O)N1CCc2ccccc21. The second-order valence-corrected chi connectivity index (χ2v) is 6.40. The monoisotopic (exact) mass is 374 g/mol. The molecule has 0 radical (unpaired) electrons. The average Bonchev–Trinajstić information content (AvgIpc) is 3.06. The Morgan fingerprint density at radius 2 is 2.00 bits per heavy atom. The summed E-state index contributed by atoms with van der Waals surface area (Å²) in [5.74, 6) is -0.732. The fourth-order valence-corrected chi connectivity index (χ4v) is 3.12. The van der Waals surface area contributed by atoms with Crippen LogP contribution in [0, 0.1) is 0 Å². The van der Waals surface area contributed by atoms with Gasteiger partial charge in [-0.25, -0.2) is 4.79 Å². The fraction of sp³-hybridized carbons (Fsp3) is 0.263. The molecule has 7 heteroatoms. The summed E-state index contributed by atoms with van der Waals surface area (Å²) in [5, 5.41) is 0.213. The largest absolute Gasteiger partial charge is 0.496 e. The number of hydrogen-bond donors (Lipinski definition) is 1. The molecule has 0 fully saturated rings. The molecule has 1 heterocycles. The van der Waals surface area contributed by atoms with Crippen molar-refractivity contribution in [3.63, 3.8) is 0 Å². The highest BCUT2D eigenvalue weighted by Gasteiger charge is 2.30. The molecule has 1 atom stereocenters. The van der Waals surface area contributed by atoms with Gasteiger partial charge in [-0.15, -0.1) is 0 Å². The Morgan fingerprint density at radius 3 is 2.73 bits per heavy atom. The zero-order valence-electron chi connectivity index (χ0n) is 14.5. The molecule has 3 rings (SSSR count). The van der Waals surface area contributed by atoms with Crippen LogP contribution in [0.25, 0.3) is 0 Å². The van der Waals surface area contributed by atoms with Gasteiger partial charge in [0.25, 0.3) is 5.91 Å². The number of carbonyl (C=O) groups is 2. The smallest absolute Gasteiger partial charge is 0.342 e. The number of anilines is 2. The van der Waals surface area contributed by atoms with Gasteiger partial charge in [-0.2, -0.15) is 0 Å². The van der Waals surface area contributed by atoms with Crippen molar-refractivity contribution < 1.29 is 19.1 Å². The third kappa shape index (κ3) is 3.32. The molecule has 0 saturated carbocycles. The summed E-state index contributed by atoms with van der Waals surface area (Å²) < 4.78 is 10.5. The van der Waals surface area contributed by atoms with E-state index in [2.05, 4.69) is 0 Å². The summed E-state index contributed by atoms with van der Waals surface area (Å²) in [7, 11) is 1.41. The van der Waals surface area contributed by atoms with Crippen LogP contribution in [0.2, 0.25) is 5.02 Å². The summed E-state index contributed by atoms with van der Waals surface area (Å²) >= 11 is 5.98. The van der Waals surface area contributed by atoms with E-state index in [1.165, 1.54) is 19.2 Å². The maximum atomic E-state index is 12.7. The van der Waals surface area contributed by atoms with Crippen molar-refractivity contribution in [2.75, 3.05) is 24.3 Å². The quantitative estimate of drug-likeness (QED) is 0.657. The topological polar surface area (TPSA) is 81.9 Å². The summed E-state index contributed by atoms with van der Waals surface area (Å²) in [5.41, 5.74) is 8.08. The van der Waals surface area contributed by atoms with Crippen LogP contribution >= 0.6 is 11.6 Å². The predicted octanol–water partition coefficient (Wildman–Crippen LogP) is 3.07. The number of nitrogens with zero attached hydrogens (tertiary/aromatic N) is 1. The van der Waals surface area contributed by atoms with E-state index in [9.17, 15) is 9.59 Å². The highest BCUT2D eigenvalue weighted by molar-refractivity contribution is 6.33. The number of para-hydroxylation sites is 1. The van der Waals surface area contributed by atoms with Crippen molar-refractivity contribution in [1.82, 2.24) is 0 Å². The van der Waals surface area contributed by atoms with Gasteiger partial charge in [0.15, 0.2) is 6.10 Å². The zero-order valence-corrected chi connectivity index (χ0v) is 15.2. The second-order valence-electron chi connectivity index (χ2n) is 5.99. The number of nitrogens with two attached hydrogens (primary N) is 1. The maximum absolute atomic E-state index is 12.7. The van der Waals surface area contributed by atoms with E-state index >= 15 is 0 Å². The summed E-state index contributed by atoms with van der Waals surface area (Å²) in [6.07, 6.45) is -0.168. The van der Waals surface area contributed by atoms with Gasteiger partial charge < -0.3 is 20.1 Å². The van der Waals surface area contributed by atoms with Crippen LogP contribution in [0.3, 0.4) is 0 Å². The molecule has 2 aromatic carbocycles. The Morgan fingerprint density at radius 1 is 1.27 bits per heavy atom. The Labute approximate surface area is 156 Å². The molecule has 0 aliphatic carbocycles.